The van der Waals surface area contributed by atoms with Crippen molar-refractivity contribution in [1.82, 2.24) is 9.80 Å². The van der Waals surface area contributed by atoms with Gasteiger partial charge in [0.25, 0.3) is 0 Å². The van der Waals surface area contributed by atoms with Crippen LogP contribution in [0.2, 0.25) is 0 Å². The number of likely N-dealkylation sites (N-methyl/N-ethyl adjacent to an activating group) is 2. The normalized spacial score (nSPS) is 12.3. The van der Waals surface area contributed by atoms with E-state index >= 15 is 0 Å². The standard InChI is InChI=1S/C17H30N2OS/c1-17(2,3)15-11-14(20-7)10-13(16(15)21)12-19(6)9-8-18(4)5/h10-11,21H,8-9,12H2,1-7H3. The van der Waals surface area contributed by atoms with Crippen molar-refractivity contribution in [3.05, 3.63) is 23.3 Å². The largest absolute Gasteiger partial charge is 0.497 e. The van der Waals surface area contributed by atoms with E-state index in [2.05, 4.69) is 63.8 Å². The minimum absolute atomic E-state index is 0.0581. The van der Waals surface area contributed by atoms with E-state index in [0.29, 0.717) is 0 Å². The first-order chi connectivity index (χ1) is 9.65. The molecular formula is C17H30N2OS. The Labute approximate surface area is 135 Å². The van der Waals surface area contributed by atoms with Gasteiger partial charge in [-0.2, -0.15) is 0 Å². The molecule has 0 spiro atoms. The molecule has 3 nitrogen and oxygen atoms in total. The van der Waals surface area contributed by atoms with Crippen molar-refractivity contribution in [2.24, 2.45) is 0 Å². The molecular weight excluding hydrogens is 280 g/mol. The lowest BCUT2D eigenvalue weighted by atomic mass is 9.85. The van der Waals surface area contributed by atoms with E-state index < -0.39 is 0 Å². The lowest BCUT2D eigenvalue weighted by Crippen LogP contribution is -2.28. The van der Waals surface area contributed by atoms with Crippen LogP contribution in [0.15, 0.2) is 17.0 Å². The van der Waals surface area contributed by atoms with Gasteiger partial charge in [-0.3, -0.25) is 0 Å². The lowest BCUT2D eigenvalue weighted by molar-refractivity contribution is 0.274. The first-order valence-electron chi connectivity index (χ1n) is 7.38. The van der Waals surface area contributed by atoms with Crippen LogP contribution in [0.25, 0.3) is 0 Å². The summed E-state index contributed by atoms with van der Waals surface area (Å²) in [6.45, 7) is 9.59. The van der Waals surface area contributed by atoms with Crippen LogP contribution in [0.4, 0.5) is 0 Å². The molecule has 0 saturated heterocycles. The second-order valence-corrected chi connectivity index (χ2v) is 7.42. The van der Waals surface area contributed by atoms with Gasteiger partial charge in [-0.1, -0.05) is 20.8 Å². The Morgan fingerprint density at radius 3 is 2.19 bits per heavy atom. The van der Waals surface area contributed by atoms with E-state index in [0.717, 1.165) is 30.3 Å². The van der Waals surface area contributed by atoms with E-state index in [9.17, 15) is 0 Å². The zero-order valence-electron chi connectivity index (χ0n) is 14.5. The van der Waals surface area contributed by atoms with Crippen molar-refractivity contribution in [3.63, 3.8) is 0 Å². The Balaban J connectivity index is 3.01. The maximum atomic E-state index is 5.46. The fourth-order valence-corrected chi connectivity index (χ4v) is 2.75. The van der Waals surface area contributed by atoms with Gasteiger partial charge in [-0.05, 0) is 49.8 Å². The summed E-state index contributed by atoms with van der Waals surface area (Å²) in [5, 5.41) is 0. The van der Waals surface area contributed by atoms with E-state index in [1.165, 1.54) is 11.1 Å². The van der Waals surface area contributed by atoms with Crippen molar-refractivity contribution >= 4 is 12.6 Å². The molecule has 1 aromatic carbocycles. The minimum Gasteiger partial charge on any atom is -0.497 e. The second-order valence-electron chi connectivity index (χ2n) is 6.97. The predicted octanol–water partition coefficient (Wildman–Crippen LogP) is 3.27. The molecule has 4 heteroatoms. The average molecular weight is 311 g/mol. The number of rotatable bonds is 6. The summed E-state index contributed by atoms with van der Waals surface area (Å²) in [5.74, 6) is 0.911. The third-order valence-corrected chi connectivity index (χ3v) is 4.10. The summed E-state index contributed by atoms with van der Waals surface area (Å²) < 4.78 is 5.46. The molecule has 0 fully saturated rings. The lowest BCUT2D eigenvalue weighted by Gasteiger charge is -2.26. The van der Waals surface area contributed by atoms with Crippen LogP contribution in [0.5, 0.6) is 5.75 Å². The average Bonchev–Trinajstić information content (AvgIpc) is 2.37. The third-order valence-electron chi connectivity index (χ3n) is 3.58. The van der Waals surface area contributed by atoms with Gasteiger partial charge in [0.05, 0.1) is 7.11 Å². The zero-order valence-corrected chi connectivity index (χ0v) is 15.4. The Hall–Kier alpha value is -0.710. The number of methoxy groups -OCH3 is 1. The quantitative estimate of drug-likeness (QED) is 0.812. The van der Waals surface area contributed by atoms with Crippen LogP contribution >= 0.6 is 12.6 Å². The van der Waals surface area contributed by atoms with Crippen LogP contribution in [0.3, 0.4) is 0 Å². The van der Waals surface area contributed by atoms with Gasteiger partial charge in [-0.25, -0.2) is 0 Å². The van der Waals surface area contributed by atoms with E-state index in [1.807, 2.05) is 0 Å². The van der Waals surface area contributed by atoms with Crippen LogP contribution in [-0.2, 0) is 12.0 Å². The highest BCUT2D eigenvalue weighted by atomic mass is 32.1. The highest BCUT2D eigenvalue weighted by Gasteiger charge is 2.20. The van der Waals surface area contributed by atoms with Gasteiger partial charge in [0.1, 0.15) is 5.75 Å². The Morgan fingerprint density at radius 1 is 1.10 bits per heavy atom. The van der Waals surface area contributed by atoms with Crippen molar-refractivity contribution in [1.29, 1.82) is 0 Å². The molecule has 120 valence electrons. The summed E-state index contributed by atoms with van der Waals surface area (Å²) in [4.78, 5) is 5.60. The monoisotopic (exact) mass is 310 g/mol. The molecule has 0 aliphatic carbocycles. The molecule has 0 radical (unpaired) electrons. The molecule has 0 aliphatic heterocycles. The first kappa shape index (κ1) is 18.3. The molecule has 0 aliphatic rings. The Morgan fingerprint density at radius 2 is 1.71 bits per heavy atom. The molecule has 0 saturated carbocycles. The van der Waals surface area contributed by atoms with E-state index in [4.69, 9.17) is 17.4 Å². The van der Waals surface area contributed by atoms with Crippen molar-refractivity contribution < 1.29 is 4.74 Å². The Bertz CT molecular complexity index is 467. The number of hydrogen-bond donors (Lipinski definition) is 1. The van der Waals surface area contributed by atoms with Crippen LogP contribution in [0, 0.1) is 0 Å². The fourth-order valence-electron chi connectivity index (χ4n) is 2.22. The number of thiol groups is 1. The SMILES string of the molecule is COc1cc(CN(C)CCN(C)C)c(S)c(C(C)(C)C)c1. The summed E-state index contributed by atoms with van der Waals surface area (Å²) in [7, 11) is 8.06. The molecule has 0 amide bonds. The maximum Gasteiger partial charge on any atom is 0.119 e. The van der Waals surface area contributed by atoms with Gasteiger partial charge >= 0.3 is 0 Å². The summed E-state index contributed by atoms with van der Waals surface area (Å²) in [5.41, 5.74) is 2.52. The number of ether oxygens (including phenoxy) is 1. The molecule has 0 aromatic heterocycles. The number of benzene rings is 1. The summed E-state index contributed by atoms with van der Waals surface area (Å²) >= 11 is 4.78. The van der Waals surface area contributed by atoms with Gasteiger partial charge in [0.15, 0.2) is 0 Å². The summed E-state index contributed by atoms with van der Waals surface area (Å²) in [6, 6.07) is 4.20. The van der Waals surface area contributed by atoms with Gasteiger partial charge in [-0.15, -0.1) is 12.6 Å². The van der Waals surface area contributed by atoms with Crippen molar-refractivity contribution in [3.8, 4) is 5.75 Å². The van der Waals surface area contributed by atoms with Crippen LogP contribution in [0.1, 0.15) is 31.9 Å². The molecule has 0 atom stereocenters. The number of nitrogens with zero attached hydrogens (tertiary/aromatic N) is 2. The molecule has 0 N–H and O–H groups in total. The fraction of sp³-hybridized carbons (Fsp3) is 0.647. The third kappa shape index (κ3) is 5.53. The summed E-state index contributed by atoms with van der Waals surface area (Å²) in [6.07, 6.45) is 0. The smallest absolute Gasteiger partial charge is 0.119 e. The topological polar surface area (TPSA) is 15.7 Å². The maximum absolute atomic E-state index is 5.46. The van der Waals surface area contributed by atoms with Gasteiger partial charge < -0.3 is 14.5 Å². The molecule has 21 heavy (non-hydrogen) atoms. The molecule has 0 unspecified atom stereocenters. The van der Waals surface area contributed by atoms with Crippen LogP contribution in [-0.4, -0.2) is 51.1 Å². The van der Waals surface area contributed by atoms with Crippen molar-refractivity contribution in [2.45, 2.75) is 37.6 Å². The van der Waals surface area contributed by atoms with Crippen molar-refractivity contribution in [2.75, 3.05) is 41.3 Å². The van der Waals surface area contributed by atoms with Crippen LogP contribution < -0.4 is 4.74 Å². The molecule has 1 rings (SSSR count). The highest BCUT2D eigenvalue weighted by molar-refractivity contribution is 7.80. The highest BCUT2D eigenvalue weighted by Crippen LogP contribution is 2.34. The van der Waals surface area contributed by atoms with Gasteiger partial charge in [0.2, 0.25) is 0 Å². The predicted molar refractivity (Wildman–Crippen MR) is 93.8 cm³/mol. The Kier molecular flexibility index (Phi) is 6.57. The van der Waals surface area contributed by atoms with Gasteiger partial charge in [0, 0.05) is 24.5 Å². The van der Waals surface area contributed by atoms with E-state index in [1.54, 1.807) is 7.11 Å². The molecule has 1 aromatic rings. The molecule has 0 heterocycles. The zero-order chi connectivity index (χ0) is 16.2. The number of hydrogen-bond acceptors (Lipinski definition) is 4. The minimum atomic E-state index is 0.0581. The second kappa shape index (κ2) is 7.52. The molecule has 0 bridgehead atoms. The first-order valence-corrected chi connectivity index (χ1v) is 7.83. The van der Waals surface area contributed by atoms with E-state index in [-0.39, 0.29) is 5.41 Å².